The van der Waals surface area contributed by atoms with Crippen LogP contribution in [0, 0.1) is 17.5 Å². The average molecular weight is 353 g/mol. The predicted molar refractivity (Wildman–Crippen MR) is 83.6 cm³/mol. The van der Waals surface area contributed by atoms with E-state index >= 15 is 0 Å². The van der Waals surface area contributed by atoms with Crippen LogP contribution in [0.3, 0.4) is 0 Å². The van der Waals surface area contributed by atoms with Crippen LogP contribution in [0.5, 0.6) is 0 Å². The van der Waals surface area contributed by atoms with Gasteiger partial charge in [-0.3, -0.25) is 4.79 Å². The lowest BCUT2D eigenvalue weighted by Gasteiger charge is -2.10. The summed E-state index contributed by atoms with van der Waals surface area (Å²) in [6.07, 6.45) is 0. The van der Waals surface area contributed by atoms with Gasteiger partial charge in [0.2, 0.25) is 0 Å². The van der Waals surface area contributed by atoms with E-state index < -0.39 is 43.1 Å². The summed E-state index contributed by atoms with van der Waals surface area (Å²) in [6.45, 7) is -0.316. The molecule has 0 atom stereocenters. The Morgan fingerprint density at radius 1 is 0.960 bits per heavy atom. The quantitative estimate of drug-likeness (QED) is 0.416. The molecule has 0 saturated carbocycles. The topological polar surface area (TPSA) is 110 Å². The third-order valence-electron chi connectivity index (χ3n) is 3.33. The summed E-state index contributed by atoms with van der Waals surface area (Å²) < 4.78 is 40.2. The number of benzene rings is 2. The molecule has 6 nitrogen and oxygen atoms in total. The first kappa shape index (κ1) is 19.0. The van der Waals surface area contributed by atoms with E-state index in [1.165, 1.54) is 0 Å². The van der Waals surface area contributed by atoms with Crippen LogP contribution in [0.4, 0.5) is 13.2 Å². The second-order valence-corrected chi connectivity index (χ2v) is 5.18. The largest absolute Gasteiger partial charge is 0.491 e. The van der Waals surface area contributed by atoms with Crippen molar-refractivity contribution in [2.24, 2.45) is 0 Å². The van der Waals surface area contributed by atoms with Gasteiger partial charge in [0, 0.05) is 17.6 Å². The molecule has 0 saturated heterocycles. The molecule has 0 aliphatic heterocycles. The molecule has 0 spiro atoms. The number of hydrogen-bond donors (Lipinski definition) is 5. The number of halogens is 3. The summed E-state index contributed by atoms with van der Waals surface area (Å²) in [4.78, 5) is 12.0. The Labute approximate surface area is 140 Å². The van der Waals surface area contributed by atoms with E-state index in [0.717, 1.165) is 30.3 Å². The summed E-state index contributed by atoms with van der Waals surface area (Å²) in [5.74, 6) is -4.42. The van der Waals surface area contributed by atoms with Crippen LogP contribution in [-0.2, 0) is 6.54 Å². The molecule has 0 heterocycles. The number of carbonyl (C=O) groups is 1. The Bertz CT molecular complexity index is 804. The van der Waals surface area contributed by atoms with Crippen LogP contribution >= 0.6 is 0 Å². The van der Waals surface area contributed by atoms with Gasteiger partial charge >= 0.3 is 14.2 Å². The Kier molecular flexibility index (Phi) is 5.85. The zero-order chi connectivity index (χ0) is 18.7. The van der Waals surface area contributed by atoms with Gasteiger partial charge < -0.3 is 25.4 Å². The fraction of sp³-hybridized carbons (Fsp3) is 0.0714. The lowest BCUT2D eigenvalue weighted by atomic mass is 9.79. The van der Waals surface area contributed by atoms with Crippen molar-refractivity contribution in [1.82, 2.24) is 5.32 Å². The van der Waals surface area contributed by atoms with E-state index in [1.807, 2.05) is 0 Å². The first-order chi connectivity index (χ1) is 11.7. The van der Waals surface area contributed by atoms with Gasteiger partial charge in [-0.15, -0.1) is 0 Å². The van der Waals surface area contributed by atoms with Gasteiger partial charge in [-0.2, -0.15) is 0 Å². The molecule has 0 unspecified atom stereocenters. The number of hydrogen-bond acceptors (Lipinski definition) is 5. The minimum Gasteiger partial charge on any atom is -0.423 e. The molecular formula is C14H12B2F3NO5. The Balaban J connectivity index is 2.18. The third-order valence-corrected chi connectivity index (χ3v) is 3.33. The van der Waals surface area contributed by atoms with Crippen molar-refractivity contribution in [2.45, 2.75) is 6.54 Å². The predicted octanol–water partition coefficient (Wildman–Crippen LogP) is -1.61. The standard InChI is InChI=1S/C14H12B2F3NO5/c17-10-4-8(3-9(5-10)15(22)23)14(21)20-6-7-1-11(16(24)25)13(19)12(18)2-7/h1-5,22-25H,6H2,(H,20,21). The number of rotatable bonds is 5. The maximum atomic E-state index is 13.4. The van der Waals surface area contributed by atoms with Crippen LogP contribution in [0.15, 0.2) is 30.3 Å². The molecule has 1 amide bonds. The molecule has 130 valence electrons. The summed E-state index contributed by atoms with van der Waals surface area (Å²) in [7, 11) is -4.20. The van der Waals surface area contributed by atoms with E-state index in [9.17, 15) is 18.0 Å². The van der Waals surface area contributed by atoms with Crippen molar-refractivity contribution in [3.8, 4) is 0 Å². The molecule has 0 aliphatic carbocycles. The molecule has 0 fully saturated rings. The van der Waals surface area contributed by atoms with Crippen LogP contribution in [0.1, 0.15) is 15.9 Å². The van der Waals surface area contributed by atoms with Crippen LogP contribution in [0.25, 0.3) is 0 Å². The van der Waals surface area contributed by atoms with Gasteiger partial charge in [0.1, 0.15) is 5.82 Å². The highest BCUT2D eigenvalue weighted by molar-refractivity contribution is 6.59. The van der Waals surface area contributed by atoms with Crippen LogP contribution in [-0.4, -0.2) is 40.2 Å². The minimum atomic E-state index is -2.23. The summed E-state index contributed by atoms with van der Waals surface area (Å²) in [6, 6.07) is 4.46. The Morgan fingerprint density at radius 2 is 1.64 bits per heavy atom. The third kappa shape index (κ3) is 4.60. The van der Waals surface area contributed by atoms with Crippen LogP contribution in [0.2, 0.25) is 0 Å². The zero-order valence-corrected chi connectivity index (χ0v) is 12.6. The second-order valence-electron chi connectivity index (χ2n) is 5.18. The average Bonchev–Trinajstić information content (AvgIpc) is 2.54. The fourth-order valence-corrected chi connectivity index (χ4v) is 2.14. The van der Waals surface area contributed by atoms with Crippen molar-refractivity contribution in [2.75, 3.05) is 0 Å². The van der Waals surface area contributed by atoms with Gasteiger partial charge in [0.25, 0.3) is 5.91 Å². The molecule has 0 aromatic heterocycles. The van der Waals surface area contributed by atoms with E-state index in [2.05, 4.69) is 5.32 Å². The number of carbonyl (C=O) groups excluding carboxylic acids is 1. The zero-order valence-electron chi connectivity index (χ0n) is 12.6. The molecule has 2 aromatic carbocycles. The van der Waals surface area contributed by atoms with Crippen molar-refractivity contribution in [3.63, 3.8) is 0 Å². The highest BCUT2D eigenvalue weighted by atomic mass is 19.2. The molecule has 0 aliphatic rings. The van der Waals surface area contributed by atoms with Gasteiger partial charge in [-0.25, -0.2) is 13.2 Å². The summed E-state index contributed by atoms with van der Waals surface area (Å²) in [5, 5.41) is 38.4. The highest BCUT2D eigenvalue weighted by Gasteiger charge is 2.21. The number of nitrogens with one attached hydrogen (secondary N) is 1. The molecule has 2 aromatic rings. The van der Waals surface area contributed by atoms with Gasteiger partial charge in [0.15, 0.2) is 11.6 Å². The minimum absolute atomic E-state index is 0.0363. The van der Waals surface area contributed by atoms with Crippen molar-refractivity contribution < 1.29 is 38.1 Å². The smallest absolute Gasteiger partial charge is 0.423 e. The first-order valence-corrected chi connectivity index (χ1v) is 6.98. The van der Waals surface area contributed by atoms with Gasteiger partial charge in [-0.1, -0.05) is 6.07 Å². The van der Waals surface area contributed by atoms with E-state index in [1.54, 1.807) is 0 Å². The fourth-order valence-electron chi connectivity index (χ4n) is 2.14. The van der Waals surface area contributed by atoms with Crippen molar-refractivity contribution in [3.05, 3.63) is 58.9 Å². The Hall–Kier alpha value is -2.33. The van der Waals surface area contributed by atoms with E-state index in [4.69, 9.17) is 20.1 Å². The highest BCUT2D eigenvalue weighted by Crippen LogP contribution is 2.09. The molecule has 0 radical (unpaired) electrons. The monoisotopic (exact) mass is 353 g/mol. The SMILES string of the molecule is O=C(NCc1cc(F)c(F)c(B(O)O)c1)c1cc(F)cc(B(O)O)c1. The molecule has 5 N–H and O–H groups in total. The molecular weight excluding hydrogens is 341 g/mol. The second kappa shape index (κ2) is 7.70. The van der Waals surface area contributed by atoms with Gasteiger partial charge in [0.05, 0.1) is 0 Å². The van der Waals surface area contributed by atoms with Crippen molar-refractivity contribution >= 4 is 31.1 Å². The van der Waals surface area contributed by atoms with Gasteiger partial charge in [-0.05, 0) is 35.3 Å². The molecule has 0 bridgehead atoms. The maximum absolute atomic E-state index is 13.4. The summed E-state index contributed by atoms with van der Waals surface area (Å²) >= 11 is 0. The molecule has 2 rings (SSSR count). The van der Waals surface area contributed by atoms with E-state index in [0.29, 0.717) is 0 Å². The van der Waals surface area contributed by atoms with Crippen LogP contribution < -0.4 is 16.2 Å². The van der Waals surface area contributed by atoms with E-state index in [-0.39, 0.29) is 23.1 Å². The number of amides is 1. The lowest BCUT2D eigenvalue weighted by molar-refractivity contribution is 0.0950. The molecule has 25 heavy (non-hydrogen) atoms. The first-order valence-electron chi connectivity index (χ1n) is 6.98. The summed E-state index contributed by atoms with van der Waals surface area (Å²) in [5.41, 5.74) is -1.10. The molecule has 11 heteroatoms. The Morgan fingerprint density at radius 3 is 2.24 bits per heavy atom. The lowest BCUT2D eigenvalue weighted by Crippen LogP contribution is -2.35. The van der Waals surface area contributed by atoms with Crippen molar-refractivity contribution in [1.29, 1.82) is 0 Å². The maximum Gasteiger partial charge on any atom is 0.491 e. The normalized spacial score (nSPS) is 10.5.